The van der Waals surface area contributed by atoms with E-state index in [4.69, 9.17) is 21.1 Å². The van der Waals surface area contributed by atoms with E-state index in [0.29, 0.717) is 18.6 Å². The average Bonchev–Trinajstić information content (AvgIpc) is 2.71. The van der Waals surface area contributed by atoms with E-state index < -0.39 is 0 Å². The molecule has 1 fully saturated rings. The van der Waals surface area contributed by atoms with Crippen LogP contribution in [0, 0.1) is 0 Å². The molecule has 0 amide bonds. The van der Waals surface area contributed by atoms with Gasteiger partial charge in [-0.3, -0.25) is 0 Å². The molecule has 2 unspecified atom stereocenters. The first-order valence-electron chi connectivity index (χ1n) is 6.51. The second-order valence-corrected chi connectivity index (χ2v) is 5.86. The fraction of sp³-hybridized carbons (Fsp3) is 0.600. The zero-order chi connectivity index (χ0) is 13.0. The molecule has 0 saturated heterocycles. The molecule has 1 aliphatic carbocycles. The Labute approximate surface area is 114 Å². The van der Waals surface area contributed by atoms with Gasteiger partial charge in [0, 0.05) is 18.1 Å². The van der Waals surface area contributed by atoms with Gasteiger partial charge in [0.25, 0.3) is 0 Å². The van der Waals surface area contributed by atoms with Crippen LogP contribution in [0.5, 0.6) is 5.75 Å². The van der Waals surface area contributed by atoms with Gasteiger partial charge in [0.1, 0.15) is 12.4 Å². The normalized spacial score (nSPS) is 27.4. The lowest BCUT2D eigenvalue weighted by molar-refractivity contribution is 0.145. The van der Waals surface area contributed by atoms with E-state index in [1.807, 2.05) is 12.1 Å². The molecule has 0 aromatic heterocycles. The summed E-state index contributed by atoms with van der Waals surface area (Å²) in [5, 5.41) is 0.294. The first-order chi connectivity index (χ1) is 8.65. The predicted molar refractivity (Wildman–Crippen MR) is 74.7 cm³/mol. The molecule has 2 nitrogen and oxygen atoms in total. The molecule has 18 heavy (non-hydrogen) atoms. The topological polar surface area (TPSA) is 18.5 Å². The van der Waals surface area contributed by atoms with Crippen LogP contribution in [0.1, 0.15) is 31.7 Å². The molecule has 3 heteroatoms. The molecule has 1 saturated carbocycles. The van der Waals surface area contributed by atoms with Gasteiger partial charge in [-0.15, -0.1) is 11.6 Å². The summed E-state index contributed by atoms with van der Waals surface area (Å²) in [6.07, 6.45) is 3.25. The highest BCUT2D eigenvalue weighted by Gasteiger charge is 2.37. The highest BCUT2D eigenvalue weighted by molar-refractivity contribution is 6.20. The van der Waals surface area contributed by atoms with Crippen LogP contribution in [0.15, 0.2) is 24.3 Å². The van der Waals surface area contributed by atoms with Gasteiger partial charge in [-0.1, -0.05) is 25.1 Å². The van der Waals surface area contributed by atoms with Crippen molar-refractivity contribution < 1.29 is 9.47 Å². The van der Waals surface area contributed by atoms with Crippen molar-refractivity contribution in [3.05, 3.63) is 29.8 Å². The van der Waals surface area contributed by atoms with Crippen molar-refractivity contribution in [1.82, 2.24) is 0 Å². The van der Waals surface area contributed by atoms with Crippen molar-refractivity contribution in [2.24, 2.45) is 0 Å². The molecular formula is C15H21ClO2. The monoisotopic (exact) mass is 268 g/mol. The molecule has 0 N–H and O–H groups in total. The average molecular weight is 269 g/mol. The highest BCUT2D eigenvalue weighted by Crippen LogP contribution is 2.45. The molecule has 100 valence electrons. The van der Waals surface area contributed by atoms with Gasteiger partial charge in [0.2, 0.25) is 0 Å². The number of benzene rings is 1. The minimum Gasteiger partial charge on any atom is -0.491 e. The van der Waals surface area contributed by atoms with E-state index in [0.717, 1.165) is 25.0 Å². The molecule has 2 atom stereocenters. The summed E-state index contributed by atoms with van der Waals surface area (Å²) in [6.45, 7) is 3.49. The Kier molecular flexibility index (Phi) is 4.52. The number of para-hydroxylation sites is 1. The third-order valence-electron chi connectivity index (χ3n) is 3.76. The van der Waals surface area contributed by atoms with Crippen molar-refractivity contribution in [2.75, 3.05) is 20.3 Å². The number of hydrogen-bond acceptors (Lipinski definition) is 2. The van der Waals surface area contributed by atoms with Crippen LogP contribution in [0.3, 0.4) is 0 Å². The minimum atomic E-state index is 0.149. The fourth-order valence-corrected chi connectivity index (χ4v) is 3.19. The van der Waals surface area contributed by atoms with Crippen LogP contribution in [-0.2, 0) is 10.2 Å². The van der Waals surface area contributed by atoms with Gasteiger partial charge >= 0.3 is 0 Å². The minimum absolute atomic E-state index is 0.149. The lowest BCUT2D eigenvalue weighted by atomic mass is 9.80. The maximum absolute atomic E-state index is 6.26. The first-order valence-corrected chi connectivity index (χ1v) is 6.95. The Hall–Kier alpha value is -0.730. The lowest BCUT2D eigenvalue weighted by Crippen LogP contribution is -2.20. The van der Waals surface area contributed by atoms with E-state index in [-0.39, 0.29) is 5.41 Å². The third-order valence-corrected chi connectivity index (χ3v) is 4.14. The number of methoxy groups -OCH3 is 1. The van der Waals surface area contributed by atoms with Crippen molar-refractivity contribution in [3.8, 4) is 5.75 Å². The van der Waals surface area contributed by atoms with Crippen LogP contribution in [0.25, 0.3) is 0 Å². The molecule has 0 heterocycles. The summed E-state index contributed by atoms with van der Waals surface area (Å²) in [5.41, 5.74) is 1.43. The molecule has 0 bridgehead atoms. The van der Waals surface area contributed by atoms with Crippen molar-refractivity contribution >= 4 is 11.6 Å². The Balaban J connectivity index is 2.16. The summed E-state index contributed by atoms with van der Waals surface area (Å²) in [4.78, 5) is 0. The third kappa shape index (κ3) is 2.99. The Bertz CT molecular complexity index is 394. The van der Waals surface area contributed by atoms with Gasteiger partial charge in [-0.25, -0.2) is 0 Å². The van der Waals surface area contributed by atoms with E-state index in [9.17, 15) is 0 Å². The largest absolute Gasteiger partial charge is 0.491 e. The second-order valence-electron chi connectivity index (χ2n) is 5.24. The maximum Gasteiger partial charge on any atom is 0.123 e. The van der Waals surface area contributed by atoms with Crippen molar-refractivity contribution in [2.45, 2.75) is 37.0 Å². The van der Waals surface area contributed by atoms with Gasteiger partial charge in [0.05, 0.1) is 6.61 Å². The Morgan fingerprint density at radius 1 is 1.33 bits per heavy atom. The Morgan fingerprint density at radius 2 is 2.11 bits per heavy atom. The smallest absolute Gasteiger partial charge is 0.123 e. The SMILES string of the molecule is COCCOc1ccccc1C1(C)CCC(Cl)C1. The Morgan fingerprint density at radius 3 is 2.78 bits per heavy atom. The zero-order valence-corrected chi connectivity index (χ0v) is 11.9. The summed E-state index contributed by atoms with van der Waals surface area (Å²) >= 11 is 6.26. The lowest BCUT2D eigenvalue weighted by Gasteiger charge is -2.26. The van der Waals surface area contributed by atoms with E-state index in [1.165, 1.54) is 5.56 Å². The van der Waals surface area contributed by atoms with Crippen LogP contribution in [0.4, 0.5) is 0 Å². The highest BCUT2D eigenvalue weighted by atomic mass is 35.5. The van der Waals surface area contributed by atoms with Gasteiger partial charge < -0.3 is 9.47 Å². The molecule has 1 aliphatic rings. The second kappa shape index (κ2) is 5.94. The number of alkyl halides is 1. The van der Waals surface area contributed by atoms with Gasteiger partial charge in [0.15, 0.2) is 0 Å². The number of halogens is 1. The van der Waals surface area contributed by atoms with Crippen molar-refractivity contribution in [3.63, 3.8) is 0 Å². The van der Waals surface area contributed by atoms with Gasteiger partial charge in [-0.05, 0) is 30.7 Å². The molecule has 0 aliphatic heterocycles. The summed E-state index contributed by atoms with van der Waals surface area (Å²) in [5.74, 6) is 0.975. The molecular weight excluding hydrogens is 248 g/mol. The molecule has 0 radical (unpaired) electrons. The van der Waals surface area contributed by atoms with Crippen LogP contribution < -0.4 is 4.74 Å². The summed E-state index contributed by atoms with van der Waals surface area (Å²) in [6, 6.07) is 8.29. The van der Waals surface area contributed by atoms with Crippen molar-refractivity contribution in [1.29, 1.82) is 0 Å². The number of ether oxygens (including phenoxy) is 2. The van der Waals surface area contributed by atoms with Crippen LogP contribution in [-0.4, -0.2) is 25.7 Å². The number of rotatable bonds is 5. The molecule has 2 rings (SSSR count). The predicted octanol–water partition coefficient (Wildman–Crippen LogP) is 3.76. The maximum atomic E-state index is 6.26. The van der Waals surface area contributed by atoms with E-state index in [1.54, 1.807) is 7.11 Å². The first kappa shape index (κ1) is 13.7. The van der Waals surface area contributed by atoms with Gasteiger partial charge in [-0.2, -0.15) is 0 Å². The van der Waals surface area contributed by atoms with E-state index in [2.05, 4.69) is 19.1 Å². The van der Waals surface area contributed by atoms with Crippen LogP contribution in [0.2, 0.25) is 0 Å². The molecule has 1 aromatic rings. The summed E-state index contributed by atoms with van der Waals surface area (Å²) in [7, 11) is 1.69. The summed E-state index contributed by atoms with van der Waals surface area (Å²) < 4.78 is 10.8. The fourth-order valence-electron chi connectivity index (χ4n) is 2.74. The zero-order valence-electron chi connectivity index (χ0n) is 11.1. The molecule has 1 aromatic carbocycles. The standard InChI is InChI=1S/C15H21ClO2/c1-15(8-7-12(16)11-15)13-5-3-4-6-14(13)18-10-9-17-2/h3-6,12H,7-11H2,1-2H3. The quantitative estimate of drug-likeness (QED) is 0.598. The number of hydrogen-bond donors (Lipinski definition) is 0. The van der Waals surface area contributed by atoms with E-state index >= 15 is 0 Å². The molecule has 0 spiro atoms. The van der Waals surface area contributed by atoms with Crippen LogP contribution >= 0.6 is 11.6 Å².